The molecule has 0 spiro atoms. The minimum Gasteiger partial charge on any atom is -0.496 e. The normalized spacial score (nSPS) is 15.1. The molecule has 0 saturated carbocycles. The van der Waals surface area contributed by atoms with Gasteiger partial charge in [0.15, 0.2) is 0 Å². The summed E-state index contributed by atoms with van der Waals surface area (Å²) < 4.78 is 38.3. The van der Waals surface area contributed by atoms with Gasteiger partial charge in [-0.05, 0) is 37.6 Å². The highest BCUT2D eigenvalue weighted by Gasteiger charge is 2.28. The summed E-state index contributed by atoms with van der Waals surface area (Å²) >= 11 is 0. The van der Waals surface area contributed by atoms with E-state index in [1.807, 2.05) is 13.8 Å². The van der Waals surface area contributed by atoms with Crippen LogP contribution in [0.2, 0.25) is 0 Å². The lowest BCUT2D eigenvalue weighted by molar-refractivity contribution is 0.0877. The van der Waals surface area contributed by atoms with E-state index in [1.165, 1.54) is 7.11 Å². The maximum Gasteiger partial charge on any atom is 0.259 e. The molecule has 0 bridgehead atoms. The maximum atomic E-state index is 12.7. The van der Waals surface area contributed by atoms with Crippen LogP contribution in [0.4, 0.5) is 0 Å². The average molecular weight is 417 g/mol. The molecule has 1 heterocycles. The molecule has 29 heavy (non-hydrogen) atoms. The molecule has 2 aromatic carbocycles. The number of benzene rings is 2. The van der Waals surface area contributed by atoms with Crippen molar-refractivity contribution in [2.24, 2.45) is 10.1 Å². The van der Waals surface area contributed by atoms with Gasteiger partial charge in [0.1, 0.15) is 23.9 Å². The van der Waals surface area contributed by atoms with Gasteiger partial charge >= 0.3 is 0 Å². The lowest BCUT2D eigenvalue weighted by atomic mass is 10.0. The summed E-state index contributed by atoms with van der Waals surface area (Å²) in [7, 11) is -2.12. The average Bonchev–Trinajstić information content (AvgIpc) is 2.64. The molecule has 0 radical (unpaired) electrons. The number of para-hydroxylation sites is 1. The van der Waals surface area contributed by atoms with Gasteiger partial charge in [-0.2, -0.15) is 0 Å². The molecule has 154 valence electrons. The molecule has 2 aromatic rings. The van der Waals surface area contributed by atoms with Gasteiger partial charge in [0.2, 0.25) is 0 Å². The summed E-state index contributed by atoms with van der Waals surface area (Å²) in [6.07, 6.45) is 0. The third-order valence-corrected chi connectivity index (χ3v) is 5.49. The van der Waals surface area contributed by atoms with E-state index in [1.54, 1.807) is 42.5 Å². The van der Waals surface area contributed by atoms with Crippen LogP contribution in [0.5, 0.6) is 11.5 Å². The smallest absolute Gasteiger partial charge is 0.259 e. The third-order valence-electron chi connectivity index (χ3n) is 4.34. The highest BCUT2D eigenvalue weighted by molar-refractivity contribution is 7.89. The first kappa shape index (κ1) is 20.7. The van der Waals surface area contributed by atoms with Gasteiger partial charge in [-0.3, -0.25) is 4.79 Å². The van der Waals surface area contributed by atoms with Crippen LogP contribution in [0, 0.1) is 0 Å². The SMILES string of the molecule is COc1ccccc1C(=O)NC(C)(C)COc1cccc2c1C(N)=NS(=O)(=O)C2. The van der Waals surface area contributed by atoms with Crippen LogP contribution in [0.3, 0.4) is 0 Å². The number of hydrogen-bond donors (Lipinski definition) is 2. The Kier molecular flexibility index (Phi) is 5.52. The minimum atomic E-state index is -3.62. The first-order chi connectivity index (χ1) is 13.6. The number of amides is 1. The van der Waals surface area contributed by atoms with E-state index in [0.717, 1.165) is 0 Å². The molecule has 9 heteroatoms. The van der Waals surface area contributed by atoms with Crippen molar-refractivity contribution in [2.45, 2.75) is 25.1 Å². The fraction of sp³-hybridized carbons (Fsp3) is 0.300. The predicted molar refractivity (Wildman–Crippen MR) is 110 cm³/mol. The summed E-state index contributed by atoms with van der Waals surface area (Å²) in [6.45, 7) is 3.76. The van der Waals surface area contributed by atoms with E-state index in [2.05, 4.69) is 9.71 Å². The number of rotatable bonds is 6. The Balaban J connectivity index is 1.76. The number of sulfonamides is 1. The first-order valence-corrected chi connectivity index (χ1v) is 10.5. The largest absolute Gasteiger partial charge is 0.496 e. The van der Waals surface area contributed by atoms with Crippen LogP contribution in [-0.2, 0) is 15.8 Å². The number of nitrogens with zero attached hydrogens (tertiary/aromatic N) is 1. The lowest BCUT2D eigenvalue weighted by Crippen LogP contribution is -2.48. The van der Waals surface area contributed by atoms with Gasteiger partial charge in [-0.1, -0.05) is 24.3 Å². The predicted octanol–water partition coefficient (Wildman–Crippen LogP) is 1.83. The Morgan fingerprint density at radius 1 is 1.17 bits per heavy atom. The second-order valence-corrected chi connectivity index (χ2v) is 8.96. The fourth-order valence-corrected chi connectivity index (χ4v) is 4.12. The van der Waals surface area contributed by atoms with E-state index in [0.29, 0.717) is 28.2 Å². The number of amidine groups is 1. The number of methoxy groups -OCH3 is 1. The zero-order chi connectivity index (χ0) is 21.2. The van der Waals surface area contributed by atoms with Crippen LogP contribution >= 0.6 is 0 Å². The van der Waals surface area contributed by atoms with Crippen LogP contribution in [0.1, 0.15) is 35.3 Å². The lowest BCUT2D eigenvalue weighted by Gasteiger charge is -2.28. The second kappa shape index (κ2) is 7.75. The van der Waals surface area contributed by atoms with Crippen LogP contribution in [0.15, 0.2) is 46.9 Å². The number of carbonyl (C=O) groups is 1. The van der Waals surface area contributed by atoms with E-state index < -0.39 is 15.6 Å². The molecule has 1 amide bonds. The van der Waals surface area contributed by atoms with Gasteiger partial charge in [0, 0.05) is 0 Å². The molecule has 0 saturated heterocycles. The van der Waals surface area contributed by atoms with E-state index in [4.69, 9.17) is 15.2 Å². The van der Waals surface area contributed by atoms with Gasteiger partial charge in [0.05, 0.1) is 29.5 Å². The molecule has 0 aliphatic carbocycles. The molecule has 1 aliphatic heterocycles. The van der Waals surface area contributed by atoms with Crippen molar-refractivity contribution in [2.75, 3.05) is 13.7 Å². The van der Waals surface area contributed by atoms with Crippen molar-refractivity contribution < 1.29 is 22.7 Å². The van der Waals surface area contributed by atoms with Crippen molar-refractivity contribution in [3.05, 3.63) is 59.2 Å². The minimum absolute atomic E-state index is 0.0993. The summed E-state index contributed by atoms with van der Waals surface area (Å²) in [5, 5.41) is 2.92. The van der Waals surface area contributed by atoms with Gasteiger partial charge in [-0.25, -0.2) is 8.42 Å². The highest BCUT2D eigenvalue weighted by Crippen LogP contribution is 2.28. The topological polar surface area (TPSA) is 120 Å². The number of ether oxygens (including phenoxy) is 2. The molecule has 0 aromatic heterocycles. The Labute approximate surface area is 169 Å². The summed E-state index contributed by atoms with van der Waals surface area (Å²) in [5.41, 5.74) is 6.55. The van der Waals surface area contributed by atoms with Crippen LogP contribution < -0.4 is 20.5 Å². The van der Waals surface area contributed by atoms with E-state index >= 15 is 0 Å². The first-order valence-electron chi connectivity index (χ1n) is 8.90. The molecule has 3 rings (SSSR count). The van der Waals surface area contributed by atoms with Crippen molar-refractivity contribution >= 4 is 21.8 Å². The summed E-state index contributed by atoms with van der Waals surface area (Å²) in [6, 6.07) is 12.0. The molecular weight excluding hydrogens is 394 g/mol. The summed E-state index contributed by atoms with van der Waals surface area (Å²) in [4.78, 5) is 12.7. The number of carbonyl (C=O) groups excluding carboxylic acids is 1. The Morgan fingerprint density at radius 3 is 2.59 bits per heavy atom. The van der Waals surface area contributed by atoms with Crippen LogP contribution in [-0.4, -0.2) is 39.4 Å². The molecule has 0 fully saturated rings. The molecule has 3 N–H and O–H groups in total. The van der Waals surface area contributed by atoms with Gasteiger partial charge in [0.25, 0.3) is 15.9 Å². The van der Waals surface area contributed by atoms with Gasteiger partial charge in [-0.15, -0.1) is 4.40 Å². The Bertz CT molecular complexity index is 1080. The zero-order valence-corrected chi connectivity index (χ0v) is 17.2. The van der Waals surface area contributed by atoms with Gasteiger partial charge < -0.3 is 20.5 Å². The second-order valence-electron chi connectivity index (χ2n) is 7.32. The number of hydrogen-bond acceptors (Lipinski definition) is 6. The molecular formula is C20H23N3O5S. The molecule has 0 unspecified atom stereocenters. The fourth-order valence-electron chi connectivity index (χ4n) is 3.03. The Hall–Kier alpha value is -3.07. The molecule has 0 atom stereocenters. The monoisotopic (exact) mass is 417 g/mol. The number of nitrogens with one attached hydrogen (secondary N) is 1. The van der Waals surface area contributed by atoms with E-state index in [9.17, 15) is 13.2 Å². The third kappa shape index (κ3) is 4.68. The standard InChI is InChI=1S/C20H23N3O5S/c1-20(2,22-19(24)14-8-4-5-9-15(14)27-3)12-28-16-10-6-7-13-11-29(25,26)23-18(21)17(13)16/h4-10H,11-12H2,1-3H3,(H2,21,23)(H,22,24). The van der Waals surface area contributed by atoms with Crippen LogP contribution in [0.25, 0.3) is 0 Å². The molecule has 8 nitrogen and oxygen atoms in total. The van der Waals surface area contributed by atoms with Crippen molar-refractivity contribution in [1.82, 2.24) is 5.32 Å². The van der Waals surface area contributed by atoms with E-state index in [-0.39, 0.29) is 24.1 Å². The van der Waals surface area contributed by atoms with Crippen molar-refractivity contribution in [3.8, 4) is 11.5 Å². The van der Waals surface area contributed by atoms with Crippen molar-refractivity contribution in [1.29, 1.82) is 0 Å². The number of nitrogens with two attached hydrogens (primary N) is 1. The maximum absolute atomic E-state index is 12.7. The molecule has 1 aliphatic rings. The van der Waals surface area contributed by atoms with Crippen molar-refractivity contribution in [3.63, 3.8) is 0 Å². The number of fused-ring (bicyclic) bond motifs is 1. The zero-order valence-electron chi connectivity index (χ0n) is 16.4. The highest BCUT2D eigenvalue weighted by atomic mass is 32.2. The quantitative estimate of drug-likeness (QED) is 0.740. The summed E-state index contributed by atoms with van der Waals surface area (Å²) in [5.74, 6) is 0.270. The Morgan fingerprint density at radius 2 is 1.86 bits per heavy atom.